The first-order valence-corrected chi connectivity index (χ1v) is 10.6. The van der Waals surface area contributed by atoms with Gasteiger partial charge in [-0.15, -0.1) is 0 Å². The number of hydrogen-bond donors (Lipinski definition) is 2. The third kappa shape index (κ3) is 5.07. The molecule has 0 aromatic heterocycles. The van der Waals surface area contributed by atoms with E-state index in [4.69, 9.17) is 15.2 Å². The number of hydrazone groups is 1. The van der Waals surface area contributed by atoms with Crippen LogP contribution in [-0.4, -0.2) is 41.8 Å². The van der Waals surface area contributed by atoms with Gasteiger partial charge in [0.25, 0.3) is 11.8 Å². The third-order valence-electron chi connectivity index (χ3n) is 4.40. The zero-order chi connectivity index (χ0) is 23.4. The Labute approximate surface area is 197 Å². The maximum atomic E-state index is 13.0. The normalized spacial score (nSPS) is 14.5. The van der Waals surface area contributed by atoms with Crippen LogP contribution in [-0.2, 0) is 9.59 Å². The Morgan fingerprint density at radius 2 is 2.00 bits per heavy atom. The Morgan fingerprint density at radius 1 is 1.25 bits per heavy atom. The summed E-state index contributed by atoms with van der Waals surface area (Å²) in [7, 11) is 0. The van der Waals surface area contributed by atoms with Crippen molar-refractivity contribution < 1.29 is 29.0 Å². The number of ether oxygens (including phenoxy) is 2. The second kappa shape index (κ2) is 9.81. The lowest BCUT2D eigenvalue weighted by Crippen LogP contribution is -2.21. The van der Waals surface area contributed by atoms with E-state index in [0.717, 1.165) is 0 Å². The molecule has 0 atom stereocenters. The molecule has 0 saturated carbocycles. The lowest BCUT2D eigenvalue weighted by Gasteiger charge is -2.14. The van der Waals surface area contributed by atoms with E-state index in [9.17, 15) is 19.5 Å². The number of carboxylic acids is 1. The molecule has 0 saturated heterocycles. The largest absolute Gasteiger partial charge is 0.490 e. The van der Waals surface area contributed by atoms with Crippen molar-refractivity contribution >= 4 is 57.8 Å². The van der Waals surface area contributed by atoms with Crippen molar-refractivity contribution in [3.8, 4) is 11.5 Å². The van der Waals surface area contributed by atoms with E-state index in [1.54, 1.807) is 37.3 Å². The topological polar surface area (TPSA) is 132 Å². The van der Waals surface area contributed by atoms with Crippen LogP contribution >= 0.6 is 22.6 Å². The number of carboxylic acid groups (broad SMARTS) is 1. The summed E-state index contributed by atoms with van der Waals surface area (Å²) in [5, 5.41) is 14.7. The van der Waals surface area contributed by atoms with Gasteiger partial charge in [0.1, 0.15) is 0 Å². The monoisotopic (exact) mass is 549 g/mol. The molecule has 1 aliphatic rings. The number of nitrogens with two attached hydrogens (primary N) is 1. The van der Waals surface area contributed by atoms with Crippen molar-refractivity contribution in [1.29, 1.82) is 0 Å². The quantitative estimate of drug-likeness (QED) is 0.385. The molecule has 1 aliphatic heterocycles. The Kier molecular flexibility index (Phi) is 7.13. The van der Waals surface area contributed by atoms with E-state index >= 15 is 0 Å². The maximum absolute atomic E-state index is 13.0. The molecule has 1 heterocycles. The van der Waals surface area contributed by atoms with Crippen LogP contribution in [0.4, 0.5) is 5.69 Å². The first kappa shape index (κ1) is 23.3. The van der Waals surface area contributed by atoms with E-state index in [0.29, 0.717) is 44.2 Å². The van der Waals surface area contributed by atoms with E-state index in [2.05, 4.69) is 27.7 Å². The minimum Gasteiger partial charge on any atom is -0.490 e. The first-order chi connectivity index (χ1) is 15.2. The fraction of sp³-hybridized carbons (Fsp3) is 0.182. The molecule has 32 heavy (non-hydrogen) atoms. The van der Waals surface area contributed by atoms with Crippen molar-refractivity contribution in [2.45, 2.75) is 13.8 Å². The number of carbonyl (C=O) groups excluding carboxylic acids is 2. The Balaban J connectivity index is 1.95. The zero-order valence-electron chi connectivity index (χ0n) is 17.3. The van der Waals surface area contributed by atoms with E-state index < -0.39 is 11.9 Å². The fourth-order valence-electron chi connectivity index (χ4n) is 3.01. The number of rotatable bonds is 8. The summed E-state index contributed by atoms with van der Waals surface area (Å²) in [6.45, 7) is 3.60. The van der Waals surface area contributed by atoms with Crippen LogP contribution < -0.4 is 20.2 Å². The number of halogens is 1. The molecule has 3 rings (SSSR count). The molecule has 0 fully saturated rings. The smallest absolute Gasteiger partial charge is 0.335 e. The molecule has 0 spiro atoms. The number of aromatic carboxylic acids is 1. The van der Waals surface area contributed by atoms with Crippen LogP contribution in [0.25, 0.3) is 6.08 Å². The molecule has 0 bridgehead atoms. The minimum absolute atomic E-state index is 0.0584. The second-order valence-electron chi connectivity index (χ2n) is 6.73. The summed E-state index contributed by atoms with van der Waals surface area (Å²) in [5.41, 5.74) is 7.09. The van der Waals surface area contributed by atoms with Crippen molar-refractivity contribution in [3.05, 3.63) is 56.7 Å². The number of hydrogen-bond acceptors (Lipinski definition) is 6. The highest BCUT2D eigenvalue weighted by Gasteiger charge is 2.29. The fourth-order valence-corrected chi connectivity index (χ4v) is 3.80. The summed E-state index contributed by atoms with van der Waals surface area (Å²) in [6, 6.07) is 9.48. The van der Waals surface area contributed by atoms with Crippen molar-refractivity contribution in [3.63, 3.8) is 0 Å². The highest BCUT2D eigenvalue weighted by molar-refractivity contribution is 14.1. The Hall–Kier alpha value is -3.41. The Bertz CT molecular complexity index is 1160. The van der Waals surface area contributed by atoms with E-state index in [1.165, 1.54) is 17.1 Å². The van der Waals surface area contributed by atoms with Crippen LogP contribution in [0.1, 0.15) is 29.8 Å². The second-order valence-corrected chi connectivity index (χ2v) is 7.90. The van der Waals surface area contributed by atoms with Crippen LogP contribution in [0.3, 0.4) is 0 Å². The van der Waals surface area contributed by atoms with Gasteiger partial charge in [-0.25, -0.2) is 4.79 Å². The van der Waals surface area contributed by atoms with Crippen LogP contribution in [0.2, 0.25) is 0 Å². The highest BCUT2D eigenvalue weighted by atomic mass is 127. The van der Waals surface area contributed by atoms with Crippen molar-refractivity contribution in [1.82, 2.24) is 0 Å². The molecule has 2 amide bonds. The van der Waals surface area contributed by atoms with Gasteiger partial charge in [-0.1, -0.05) is 6.07 Å². The van der Waals surface area contributed by atoms with Crippen LogP contribution in [0.15, 0.2) is 47.1 Å². The predicted octanol–water partition coefficient (Wildman–Crippen LogP) is 3.06. The summed E-state index contributed by atoms with van der Waals surface area (Å²) >= 11 is 2.05. The lowest BCUT2D eigenvalue weighted by molar-refractivity contribution is -0.120. The molecular weight excluding hydrogens is 529 g/mol. The summed E-state index contributed by atoms with van der Waals surface area (Å²) in [6.07, 6.45) is 1.67. The van der Waals surface area contributed by atoms with Gasteiger partial charge in [0.15, 0.2) is 18.1 Å². The number of amides is 2. The average molecular weight is 549 g/mol. The summed E-state index contributed by atoms with van der Waals surface area (Å²) in [4.78, 5) is 35.4. The van der Waals surface area contributed by atoms with Crippen LogP contribution in [0, 0.1) is 3.57 Å². The number of anilines is 1. The van der Waals surface area contributed by atoms with Gasteiger partial charge < -0.3 is 20.3 Å². The van der Waals surface area contributed by atoms with Gasteiger partial charge in [0.05, 0.1) is 32.7 Å². The van der Waals surface area contributed by atoms with Crippen LogP contribution in [0.5, 0.6) is 11.5 Å². The standard InChI is InChI=1S/C22H20IN3O6/c1-3-31-18-9-13(8-17(23)20(18)32-11-19(24)27)7-16-12(2)25-26(21(16)28)15-6-4-5-14(10-15)22(29)30/h4-10H,3,11H2,1-2H3,(H2,24,27)(H,29,30). The lowest BCUT2D eigenvalue weighted by atomic mass is 10.1. The van der Waals surface area contributed by atoms with Gasteiger partial charge in [0, 0.05) is 0 Å². The van der Waals surface area contributed by atoms with Gasteiger partial charge in [0.2, 0.25) is 0 Å². The molecule has 0 aliphatic carbocycles. The SMILES string of the molecule is CCOc1cc(C=C2C(=O)N(c3cccc(C(=O)O)c3)N=C2C)cc(I)c1OCC(N)=O. The molecule has 0 radical (unpaired) electrons. The van der Waals surface area contributed by atoms with Crippen molar-refractivity contribution in [2.75, 3.05) is 18.2 Å². The third-order valence-corrected chi connectivity index (χ3v) is 5.20. The zero-order valence-corrected chi connectivity index (χ0v) is 19.5. The number of nitrogens with zero attached hydrogens (tertiary/aromatic N) is 2. The van der Waals surface area contributed by atoms with E-state index in [-0.39, 0.29) is 18.1 Å². The molecule has 10 heteroatoms. The molecule has 3 N–H and O–H groups in total. The number of primary amides is 1. The van der Waals surface area contributed by atoms with Gasteiger partial charge in [-0.3, -0.25) is 9.59 Å². The molecule has 9 nitrogen and oxygen atoms in total. The minimum atomic E-state index is -1.09. The predicted molar refractivity (Wildman–Crippen MR) is 127 cm³/mol. The Morgan fingerprint density at radius 3 is 2.66 bits per heavy atom. The molecule has 0 unspecified atom stereocenters. The number of carbonyl (C=O) groups is 3. The average Bonchev–Trinajstić information content (AvgIpc) is 3.01. The maximum Gasteiger partial charge on any atom is 0.335 e. The molecule has 166 valence electrons. The molecular formula is C22H20IN3O6. The summed E-state index contributed by atoms with van der Waals surface area (Å²) < 4.78 is 11.8. The summed E-state index contributed by atoms with van der Waals surface area (Å²) in [5.74, 6) is -1.27. The van der Waals surface area contributed by atoms with Gasteiger partial charge >= 0.3 is 5.97 Å². The van der Waals surface area contributed by atoms with E-state index in [1.807, 2.05) is 6.92 Å². The van der Waals surface area contributed by atoms with Crippen molar-refractivity contribution in [2.24, 2.45) is 10.8 Å². The van der Waals surface area contributed by atoms with Gasteiger partial charge in [-0.05, 0) is 78.4 Å². The molecule has 2 aromatic rings. The van der Waals surface area contributed by atoms with Gasteiger partial charge in [-0.2, -0.15) is 10.1 Å². The molecule has 2 aromatic carbocycles. The first-order valence-electron chi connectivity index (χ1n) is 9.53. The highest BCUT2D eigenvalue weighted by Crippen LogP contribution is 2.35. The number of benzene rings is 2.